The highest BCUT2D eigenvalue weighted by atomic mass is 32.2. The molecule has 4 aliphatic heterocycles. The molecule has 394 valence electrons. The number of nitro benzene ring substituents is 1. The molecule has 0 unspecified atom stereocenters. The molecule has 3 atom stereocenters. The average molecular weight is 1040 g/mol. The third-order valence-corrected chi connectivity index (χ3v) is 17.9. The summed E-state index contributed by atoms with van der Waals surface area (Å²) in [6.45, 7) is 5.10. The molecular formula is C53H61F3N8O9S. The molecule has 0 bridgehead atoms. The third kappa shape index (κ3) is 10.1. The van der Waals surface area contributed by atoms with Crippen molar-refractivity contribution in [3.8, 4) is 11.6 Å². The second-order valence-corrected chi connectivity index (χ2v) is 23.1. The number of aromatic amines is 1. The van der Waals surface area contributed by atoms with Crippen LogP contribution < -0.4 is 29.3 Å². The van der Waals surface area contributed by atoms with Gasteiger partial charge in [-0.1, -0.05) is 24.6 Å². The first kappa shape index (κ1) is 50.0. The maximum absolute atomic E-state index is 14.7. The van der Waals surface area contributed by atoms with Crippen molar-refractivity contribution in [3.05, 3.63) is 100 Å². The summed E-state index contributed by atoms with van der Waals surface area (Å²) in [7, 11) is -4.67. The van der Waals surface area contributed by atoms with Gasteiger partial charge in [0.25, 0.3) is 21.6 Å². The van der Waals surface area contributed by atoms with Crippen LogP contribution in [-0.4, -0.2) is 109 Å². The fourth-order valence-electron chi connectivity index (χ4n) is 12.6. The van der Waals surface area contributed by atoms with Crippen LogP contribution in [0.15, 0.2) is 83.9 Å². The number of fused-ring (bicyclic) bond motifs is 3. The molecule has 11 rings (SSSR count). The molecule has 5 fully saturated rings. The van der Waals surface area contributed by atoms with Crippen LogP contribution in [0.1, 0.15) is 106 Å². The lowest BCUT2D eigenvalue weighted by atomic mass is 9.59. The van der Waals surface area contributed by atoms with Gasteiger partial charge < -0.3 is 39.4 Å². The van der Waals surface area contributed by atoms with E-state index < -0.39 is 49.5 Å². The molecule has 4 N–H and O–H groups in total. The largest absolute Gasteiger partial charge is 0.573 e. The summed E-state index contributed by atoms with van der Waals surface area (Å²) in [5.74, 6) is -0.582. The van der Waals surface area contributed by atoms with Crippen molar-refractivity contribution in [1.82, 2.24) is 19.6 Å². The van der Waals surface area contributed by atoms with E-state index in [1.807, 2.05) is 29.2 Å². The first-order valence-electron chi connectivity index (χ1n) is 25.7. The lowest BCUT2D eigenvalue weighted by Crippen LogP contribution is -2.56. The zero-order valence-corrected chi connectivity index (χ0v) is 41.9. The van der Waals surface area contributed by atoms with Crippen molar-refractivity contribution in [2.45, 2.75) is 125 Å². The fraction of sp³-hybridized carbons (Fsp3) is 0.509. The Hall–Kier alpha value is -6.16. The number of para-hydroxylation sites is 1. The minimum atomic E-state index is -4.79. The van der Waals surface area contributed by atoms with E-state index in [1.54, 1.807) is 37.4 Å². The van der Waals surface area contributed by atoms with E-state index in [-0.39, 0.29) is 53.1 Å². The predicted molar refractivity (Wildman–Crippen MR) is 270 cm³/mol. The first-order valence-corrected chi connectivity index (χ1v) is 27.2. The summed E-state index contributed by atoms with van der Waals surface area (Å²) in [6, 6.07) is 19.0. The number of aliphatic hydroxyl groups is 1. The van der Waals surface area contributed by atoms with Crippen LogP contribution in [0.5, 0.6) is 11.6 Å². The number of ether oxygens (including phenoxy) is 3. The molecule has 6 aliphatic rings. The molecule has 6 heterocycles. The standard InChI is InChI=1S/C53H61F3N8O9S/c1-51(66)17-13-33(14-18-51)31-58-40-12-10-37(28-44(40)64(67)68)74(69,70)60-49(65)39-11-9-35(27-43(39)63-42-16-25-71-32-47(42)72-50-45(63)26-34-15-21-57-48(34)59-50)61-23-19-52(20-24-61)29-36(30-52)62-22-5-4-7-41(62)38-6-2-3-8-46(38)73-53(54,55)56/h2-3,6,8-12,15,21,26-28,33,36,41-42,47,58,66H,4-5,7,13-14,16-20,22-25,29-32H2,1H3,(H,57,59)(H,60,65)/t33-,41-,42-,47-,51-/m0/s1. The van der Waals surface area contributed by atoms with Gasteiger partial charge in [0.2, 0.25) is 5.88 Å². The van der Waals surface area contributed by atoms with Crippen LogP contribution in [-0.2, 0) is 14.8 Å². The summed E-state index contributed by atoms with van der Waals surface area (Å²) in [5, 5.41) is 26.7. The van der Waals surface area contributed by atoms with Crippen LogP contribution in [0.4, 0.5) is 41.6 Å². The quantitative estimate of drug-likeness (QED) is 0.0679. The molecule has 3 aromatic carbocycles. The van der Waals surface area contributed by atoms with E-state index in [0.29, 0.717) is 74.0 Å². The minimum absolute atomic E-state index is 0.0532. The molecule has 2 saturated carbocycles. The smallest absolute Gasteiger partial charge is 0.468 e. The van der Waals surface area contributed by atoms with Crippen molar-refractivity contribution < 1.29 is 50.6 Å². The summed E-state index contributed by atoms with van der Waals surface area (Å²) < 4.78 is 87.8. The number of nitrogens with zero attached hydrogens (tertiary/aromatic N) is 5. The molecule has 3 saturated heterocycles. The number of halogens is 3. The van der Waals surface area contributed by atoms with Gasteiger partial charge in [0.05, 0.1) is 39.3 Å². The van der Waals surface area contributed by atoms with E-state index in [1.165, 1.54) is 18.2 Å². The highest BCUT2D eigenvalue weighted by Crippen LogP contribution is 2.55. The maximum atomic E-state index is 14.7. The van der Waals surface area contributed by atoms with Gasteiger partial charge in [-0.2, -0.15) is 4.98 Å². The van der Waals surface area contributed by atoms with Gasteiger partial charge in [0.1, 0.15) is 28.9 Å². The van der Waals surface area contributed by atoms with E-state index >= 15 is 0 Å². The van der Waals surface area contributed by atoms with Gasteiger partial charge in [0.15, 0.2) is 0 Å². The number of carbonyl (C=O) groups excluding carboxylic acids is 1. The van der Waals surface area contributed by atoms with Gasteiger partial charge in [0, 0.05) is 67.2 Å². The molecule has 74 heavy (non-hydrogen) atoms. The van der Waals surface area contributed by atoms with Gasteiger partial charge in [-0.3, -0.25) is 19.8 Å². The molecule has 2 aromatic heterocycles. The number of pyridine rings is 1. The number of likely N-dealkylation sites (tertiary alicyclic amines) is 1. The highest BCUT2D eigenvalue weighted by Gasteiger charge is 2.50. The van der Waals surface area contributed by atoms with Crippen LogP contribution >= 0.6 is 0 Å². The number of nitrogens with one attached hydrogen (secondary N) is 3. The molecule has 0 radical (unpaired) electrons. The molecule has 17 nitrogen and oxygen atoms in total. The number of piperidine rings is 2. The lowest BCUT2D eigenvalue weighted by Gasteiger charge is -2.57. The predicted octanol–water partition coefficient (Wildman–Crippen LogP) is 9.51. The molecule has 1 amide bonds. The maximum Gasteiger partial charge on any atom is 0.573 e. The third-order valence-electron chi connectivity index (χ3n) is 16.6. The number of rotatable bonds is 12. The average Bonchev–Trinajstić information content (AvgIpc) is 3.83. The number of nitro groups is 1. The Kier molecular flexibility index (Phi) is 13.2. The van der Waals surface area contributed by atoms with Crippen molar-refractivity contribution in [2.75, 3.05) is 54.5 Å². The number of anilines is 4. The number of H-pyrrole nitrogens is 1. The summed E-state index contributed by atoms with van der Waals surface area (Å²) in [5.41, 5.74) is 2.10. The zero-order chi connectivity index (χ0) is 51.6. The SMILES string of the molecule is C[C@]1(O)CC[C@H](CNc2ccc(S(=O)(=O)NC(=O)c3ccc(N4CCC5(CC4)CC(N4CCCC[C@H]4c4ccccc4OC(F)(F)F)C5)cc3N3c4cc5cc[nH]c5nc4O[C@H]4COCC[C@@H]43)cc2[N+](=O)[O-])CC1. The normalized spacial score (nSPS) is 25.4. The van der Waals surface area contributed by atoms with Gasteiger partial charge in [-0.05, 0) is 144 Å². The number of sulfonamides is 1. The Bertz CT molecular complexity index is 3040. The summed E-state index contributed by atoms with van der Waals surface area (Å²) in [6.07, 6.45) is 6.03. The lowest BCUT2D eigenvalue weighted by molar-refractivity contribution is -0.384. The number of amides is 1. The molecule has 21 heteroatoms. The van der Waals surface area contributed by atoms with Crippen LogP contribution in [0, 0.1) is 21.4 Å². The topological polar surface area (TPSA) is 205 Å². The first-order chi connectivity index (χ1) is 35.4. The minimum Gasteiger partial charge on any atom is -0.468 e. The zero-order valence-electron chi connectivity index (χ0n) is 41.1. The second-order valence-electron chi connectivity index (χ2n) is 21.5. The van der Waals surface area contributed by atoms with E-state index in [9.17, 15) is 41.6 Å². The van der Waals surface area contributed by atoms with Crippen LogP contribution in [0.3, 0.4) is 0 Å². The van der Waals surface area contributed by atoms with Gasteiger partial charge in [-0.25, -0.2) is 13.1 Å². The van der Waals surface area contributed by atoms with Crippen molar-refractivity contribution >= 4 is 55.4 Å². The second kappa shape index (κ2) is 19.5. The number of benzene rings is 3. The van der Waals surface area contributed by atoms with Crippen molar-refractivity contribution in [3.63, 3.8) is 0 Å². The van der Waals surface area contributed by atoms with E-state index in [2.05, 4.69) is 29.6 Å². The summed E-state index contributed by atoms with van der Waals surface area (Å²) >= 11 is 0. The number of aromatic nitrogens is 2. The van der Waals surface area contributed by atoms with Gasteiger partial charge in [-0.15, -0.1) is 13.2 Å². The number of hydrogen-bond acceptors (Lipinski definition) is 14. The van der Waals surface area contributed by atoms with Crippen molar-refractivity contribution in [2.24, 2.45) is 11.3 Å². The van der Waals surface area contributed by atoms with Crippen LogP contribution in [0.2, 0.25) is 0 Å². The number of hydrogen-bond donors (Lipinski definition) is 4. The Morgan fingerprint density at radius 2 is 1.76 bits per heavy atom. The van der Waals surface area contributed by atoms with Gasteiger partial charge >= 0.3 is 6.36 Å². The Morgan fingerprint density at radius 3 is 2.53 bits per heavy atom. The van der Waals surface area contributed by atoms with Crippen molar-refractivity contribution in [1.29, 1.82) is 0 Å². The number of alkyl halides is 3. The molecule has 2 aliphatic carbocycles. The monoisotopic (exact) mass is 1040 g/mol. The molecule has 1 spiro atoms. The van der Waals surface area contributed by atoms with Crippen LogP contribution in [0.25, 0.3) is 11.0 Å². The summed E-state index contributed by atoms with van der Waals surface area (Å²) in [4.78, 5) is 40.6. The molecule has 5 aromatic rings. The Labute approximate surface area is 426 Å². The highest BCUT2D eigenvalue weighted by molar-refractivity contribution is 7.90. The number of carbonyl (C=O) groups is 1. The fourth-order valence-corrected chi connectivity index (χ4v) is 13.5. The van der Waals surface area contributed by atoms with E-state index in [4.69, 9.17) is 14.5 Å². The Balaban J connectivity index is 0.857. The van der Waals surface area contributed by atoms with E-state index in [0.717, 1.165) is 81.5 Å². The Morgan fingerprint density at radius 1 is 0.973 bits per heavy atom. The molecular weight excluding hydrogens is 982 g/mol.